The van der Waals surface area contributed by atoms with Gasteiger partial charge < -0.3 is 14.2 Å². The molecule has 0 aromatic rings. The maximum absolute atomic E-state index is 7.35. The molecule has 0 saturated carbocycles. The molecule has 1 spiro atoms. The molecule has 0 N–H and O–H groups in total. The zero-order valence-corrected chi connectivity index (χ0v) is 5.55. The van der Waals surface area contributed by atoms with Gasteiger partial charge in [-0.25, -0.2) is 0 Å². The van der Waals surface area contributed by atoms with E-state index in [-0.39, 0.29) is 0 Å². The Balaban J connectivity index is 2.18. The molecule has 3 nitrogen and oxygen atoms in total. The van der Waals surface area contributed by atoms with Crippen LogP contribution in [0.4, 0.5) is 0 Å². The molecule has 3 heteroatoms. The third-order valence-corrected chi connectivity index (χ3v) is 1.77. The molecule has 2 aliphatic rings. The van der Waals surface area contributed by atoms with Crippen molar-refractivity contribution in [2.24, 2.45) is 0 Å². The minimum atomic E-state index is -2.38. The van der Waals surface area contributed by atoms with E-state index in [1.807, 2.05) is 0 Å². The van der Waals surface area contributed by atoms with E-state index in [9.17, 15) is 0 Å². The van der Waals surface area contributed by atoms with Crippen LogP contribution in [0.15, 0.2) is 0 Å². The minimum absolute atomic E-state index is 0.367. The Bertz CT molecular complexity index is 219. The lowest BCUT2D eigenvalue weighted by atomic mass is 10.1. The fourth-order valence-electron chi connectivity index (χ4n) is 1.14. The van der Waals surface area contributed by atoms with E-state index in [2.05, 4.69) is 0 Å². The van der Waals surface area contributed by atoms with Crippen LogP contribution in [-0.4, -0.2) is 32.1 Å². The fraction of sp³-hybridized carbons (Fsp3) is 1.00. The van der Waals surface area contributed by atoms with Gasteiger partial charge in [-0.3, -0.25) is 0 Å². The second-order valence-corrected chi connectivity index (χ2v) is 2.43. The summed E-state index contributed by atoms with van der Waals surface area (Å²) in [5.74, 6) is -1.13. The zero-order chi connectivity index (χ0) is 10.4. The molecule has 0 unspecified atom stereocenters. The van der Waals surface area contributed by atoms with Crippen LogP contribution >= 0.6 is 0 Å². The third kappa shape index (κ3) is 1.05. The molecule has 0 amide bonds. The summed E-state index contributed by atoms with van der Waals surface area (Å²) in [5.41, 5.74) is 0. The molecular weight excluding hydrogens is 132 g/mol. The number of rotatable bonds is 0. The summed E-state index contributed by atoms with van der Waals surface area (Å²) in [4.78, 5) is 0. The van der Waals surface area contributed by atoms with Crippen molar-refractivity contribution in [3.05, 3.63) is 0 Å². The van der Waals surface area contributed by atoms with Gasteiger partial charge in [0.05, 0.1) is 31.8 Å². The number of hydrogen-bond acceptors (Lipinski definition) is 3. The van der Waals surface area contributed by atoms with Crippen molar-refractivity contribution in [1.29, 1.82) is 0 Å². The van der Waals surface area contributed by atoms with Crippen molar-refractivity contribution in [2.45, 2.75) is 18.6 Å². The number of hydrogen-bond donors (Lipinski definition) is 0. The lowest BCUT2D eigenvalue weighted by Crippen LogP contribution is -2.36. The van der Waals surface area contributed by atoms with E-state index in [1.54, 1.807) is 0 Å². The van der Waals surface area contributed by atoms with Gasteiger partial charge in [-0.1, -0.05) is 0 Å². The van der Waals surface area contributed by atoms with Crippen molar-refractivity contribution in [3.8, 4) is 0 Å². The quantitative estimate of drug-likeness (QED) is 0.502. The predicted molar refractivity (Wildman–Crippen MR) is 34.7 cm³/mol. The Labute approximate surface area is 65.9 Å². The summed E-state index contributed by atoms with van der Waals surface area (Å²) in [5, 5.41) is 0. The monoisotopic (exact) mass is 148 g/mol. The van der Waals surface area contributed by atoms with Gasteiger partial charge in [-0.05, 0) is 0 Å². The van der Waals surface area contributed by atoms with Crippen LogP contribution in [0, 0.1) is 0 Å². The van der Waals surface area contributed by atoms with Crippen LogP contribution in [0.3, 0.4) is 0 Å². The molecule has 0 radical (unpaired) electrons. The maximum Gasteiger partial charge on any atom is 0.172 e. The van der Waals surface area contributed by atoms with E-state index in [0.29, 0.717) is 26.1 Å². The first-order valence-electron chi connectivity index (χ1n) is 5.35. The summed E-state index contributed by atoms with van der Waals surface area (Å²) >= 11 is 0. The summed E-state index contributed by atoms with van der Waals surface area (Å²) in [7, 11) is 0. The topological polar surface area (TPSA) is 27.7 Å². The Morgan fingerprint density at radius 1 is 1.10 bits per heavy atom. The van der Waals surface area contributed by atoms with Crippen LogP contribution in [0.1, 0.15) is 18.3 Å². The van der Waals surface area contributed by atoms with Gasteiger partial charge in [0.1, 0.15) is 0 Å². The maximum atomic E-state index is 7.35. The standard InChI is InChI=1S/C7H12O3/c1-3-8-4-2-7(1)9-5-6-10-7/h1-6H2/i5D2,6D2. The van der Waals surface area contributed by atoms with Gasteiger partial charge in [0, 0.05) is 12.8 Å². The smallest absolute Gasteiger partial charge is 0.172 e. The van der Waals surface area contributed by atoms with E-state index in [4.69, 9.17) is 19.7 Å². The van der Waals surface area contributed by atoms with Gasteiger partial charge in [-0.2, -0.15) is 0 Å². The highest BCUT2D eigenvalue weighted by molar-refractivity contribution is 4.76. The van der Waals surface area contributed by atoms with E-state index < -0.39 is 18.9 Å². The Morgan fingerprint density at radius 3 is 2.30 bits per heavy atom. The second-order valence-electron chi connectivity index (χ2n) is 2.43. The van der Waals surface area contributed by atoms with E-state index in [1.165, 1.54) is 0 Å². The van der Waals surface area contributed by atoms with Crippen molar-refractivity contribution in [1.82, 2.24) is 0 Å². The normalized spacial score (nSPS) is 47.2. The van der Waals surface area contributed by atoms with Gasteiger partial charge in [-0.15, -0.1) is 0 Å². The van der Waals surface area contributed by atoms with Crippen LogP contribution < -0.4 is 0 Å². The van der Waals surface area contributed by atoms with Gasteiger partial charge in [0.25, 0.3) is 0 Å². The van der Waals surface area contributed by atoms with Gasteiger partial charge >= 0.3 is 0 Å². The predicted octanol–water partition coefficient (Wildman–Crippen LogP) is 0.540. The molecule has 0 bridgehead atoms. The van der Waals surface area contributed by atoms with Crippen molar-refractivity contribution in [2.75, 3.05) is 26.3 Å². The highest BCUT2D eigenvalue weighted by Gasteiger charge is 2.37. The summed E-state index contributed by atoms with van der Waals surface area (Å²) in [6.45, 7) is -3.95. The molecular formula is C7H12O3. The van der Waals surface area contributed by atoms with Crippen LogP contribution in [0.25, 0.3) is 0 Å². The first kappa shape index (κ1) is 3.52. The minimum Gasteiger partial charge on any atom is -0.381 e. The SMILES string of the molecule is [2H]C1([2H])OC2(CCOCC2)OC1([2H])[2H]. The molecule has 2 heterocycles. The van der Waals surface area contributed by atoms with Gasteiger partial charge in [0.2, 0.25) is 0 Å². The Morgan fingerprint density at radius 2 is 1.70 bits per heavy atom. The van der Waals surface area contributed by atoms with E-state index in [0.717, 1.165) is 0 Å². The Kier molecular flexibility index (Phi) is 0.876. The first-order chi connectivity index (χ1) is 6.37. The molecule has 0 aliphatic carbocycles. The highest BCUT2D eigenvalue weighted by Crippen LogP contribution is 2.29. The van der Waals surface area contributed by atoms with Crippen molar-refractivity contribution >= 4 is 0 Å². The summed E-state index contributed by atoms with van der Waals surface area (Å²) < 4.78 is 44.6. The van der Waals surface area contributed by atoms with Crippen molar-refractivity contribution < 1.29 is 19.7 Å². The van der Waals surface area contributed by atoms with Gasteiger partial charge in [0.15, 0.2) is 5.79 Å². The first-order valence-corrected chi connectivity index (χ1v) is 3.35. The molecule has 0 aromatic heterocycles. The lowest BCUT2D eigenvalue weighted by Gasteiger charge is -2.30. The molecule has 2 fully saturated rings. The average molecular weight is 148 g/mol. The molecule has 0 atom stereocenters. The molecule has 0 aromatic carbocycles. The van der Waals surface area contributed by atoms with E-state index >= 15 is 0 Å². The fourth-order valence-corrected chi connectivity index (χ4v) is 1.14. The molecule has 58 valence electrons. The Hall–Kier alpha value is -0.120. The number of ether oxygens (including phenoxy) is 3. The van der Waals surface area contributed by atoms with Crippen LogP contribution in [0.2, 0.25) is 0 Å². The van der Waals surface area contributed by atoms with Crippen LogP contribution in [-0.2, 0) is 14.2 Å². The molecule has 2 rings (SSSR count). The molecule has 2 aliphatic heterocycles. The second kappa shape index (κ2) is 2.49. The highest BCUT2D eigenvalue weighted by atomic mass is 16.7. The molecule has 10 heavy (non-hydrogen) atoms. The third-order valence-electron chi connectivity index (χ3n) is 1.77. The average Bonchev–Trinajstić information content (AvgIpc) is 2.18. The summed E-state index contributed by atoms with van der Waals surface area (Å²) in [6.07, 6.45) is 0.734. The lowest BCUT2D eigenvalue weighted by molar-refractivity contribution is -0.202. The van der Waals surface area contributed by atoms with Crippen LogP contribution in [0.5, 0.6) is 0 Å². The summed E-state index contributed by atoms with van der Waals surface area (Å²) in [6, 6.07) is 0. The zero-order valence-electron chi connectivity index (χ0n) is 9.55. The molecule has 2 saturated heterocycles. The largest absolute Gasteiger partial charge is 0.381 e. The van der Waals surface area contributed by atoms with Crippen molar-refractivity contribution in [3.63, 3.8) is 0 Å².